The molecule has 6 rings (SSSR count). The van der Waals surface area contributed by atoms with Gasteiger partial charge >= 0.3 is 0 Å². The zero-order valence-corrected chi connectivity index (χ0v) is 23.2. The fraction of sp³-hybridized carbons (Fsp3) is 0.419. The van der Waals surface area contributed by atoms with Crippen molar-refractivity contribution in [1.29, 1.82) is 0 Å². The van der Waals surface area contributed by atoms with Crippen LogP contribution in [-0.2, 0) is 17.8 Å². The number of H-pyrrole nitrogens is 1. The molecule has 1 amide bonds. The van der Waals surface area contributed by atoms with Gasteiger partial charge in [0.25, 0.3) is 0 Å². The van der Waals surface area contributed by atoms with Crippen LogP contribution in [0.25, 0.3) is 22.2 Å². The number of benzene rings is 1. The van der Waals surface area contributed by atoms with E-state index in [9.17, 15) is 4.79 Å². The number of carbonyl (C=O) groups is 1. The number of ether oxygens (including phenoxy) is 2. The maximum absolute atomic E-state index is 12.6. The number of nitrogens with zero attached hydrogens (tertiary/aromatic N) is 5. The summed E-state index contributed by atoms with van der Waals surface area (Å²) in [6, 6.07) is 10.2. The molecule has 1 saturated carbocycles. The molecule has 4 heterocycles. The van der Waals surface area contributed by atoms with Crippen LogP contribution < -0.4 is 9.47 Å². The molecule has 40 heavy (non-hydrogen) atoms. The number of nitrogens with one attached hydrogen (secondary N) is 1. The Hall–Kier alpha value is -3.98. The van der Waals surface area contributed by atoms with E-state index >= 15 is 0 Å². The summed E-state index contributed by atoms with van der Waals surface area (Å²) in [6.07, 6.45) is 9.26. The first-order valence-corrected chi connectivity index (χ1v) is 14.2. The summed E-state index contributed by atoms with van der Waals surface area (Å²) < 4.78 is 11.7. The number of aromatic amines is 1. The number of amides is 1. The highest BCUT2D eigenvalue weighted by molar-refractivity contribution is 5.92. The normalized spacial score (nSPS) is 16.2. The summed E-state index contributed by atoms with van der Waals surface area (Å²) in [5.41, 5.74) is 5.72. The van der Waals surface area contributed by atoms with E-state index in [0.717, 1.165) is 85.0 Å². The number of imidazole rings is 1. The molecule has 4 aromatic rings. The maximum atomic E-state index is 12.6. The van der Waals surface area contributed by atoms with Gasteiger partial charge in [-0.2, -0.15) is 0 Å². The van der Waals surface area contributed by atoms with Gasteiger partial charge in [-0.25, -0.2) is 4.98 Å². The number of piperazine rings is 1. The molecule has 208 valence electrons. The van der Waals surface area contributed by atoms with Crippen LogP contribution in [-0.4, -0.2) is 75.5 Å². The van der Waals surface area contributed by atoms with Crippen molar-refractivity contribution in [3.8, 4) is 22.6 Å². The average Bonchev–Trinajstić information content (AvgIpc) is 3.36. The number of rotatable bonds is 9. The minimum Gasteiger partial charge on any atom is -0.494 e. The molecular formula is C31H36N6O3. The topological polar surface area (TPSA) is 96.5 Å². The molecule has 1 saturated heterocycles. The van der Waals surface area contributed by atoms with E-state index in [1.807, 2.05) is 31.3 Å². The fourth-order valence-electron chi connectivity index (χ4n) is 5.65. The number of carbonyl (C=O) groups excluding carboxylic acids is 1. The van der Waals surface area contributed by atoms with Crippen LogP contribution in [0.2, 0.25) is 0 Å². The van der Waals surface area contributed by atoms with Gasteiger partial charge in [-0.1, -0.05) is 6.42 Å². The Morgan fingerprint density at radius 3 is 2.67 bits per heavy atom. The Bertz CT molecular complexity index is 1490. The van der Waals surface area contributed by atoms with E-state index in [2.05, 4.69) is 36.9 Å². The van der Waals surface area contributed by atoms with Crippen molar-refractivity contribution in [2.75, 3.05) is 39.9 Å². The Balaban J connectivity index is 1.16. The second-order valence-corrected chi connectivity index (χ2v) is 10.6. The molecule has 0 bridgehead atoms. The molecular weight excluding hydrogens is 504 g/mol. The number of hydrogen-bond acceptors (Lipinski definition) is 7. The van der Waals surface area contributed by atoms with Crippen LogP contribution in [0.3, 0.4) is 0 Å². The molecule has 0 spiro atoms. The monoisotopic (exact) mass is 540 g/mol. The van der Waals surface area contributed by atoms with Gasteiger partial charge in [0.05, 0.1) is 25.4 Å². The molecule has 9 nitrogen and oxygen atoms in total. The number of hydrogen-bond donors (Lipinski definition) is 1. The van der Waals surface area contributed by atoms with Crippen LogP contribution in [0.5, 0.6) is 11.5 Å². The molecule has 3 aromatic heterocycles. The third-order valence-electron chi connectivity index (χ3n) is 8.01. The Morgan fingerprint density at radius 1 is 1.07 bits per heavy atom. The van der Waals surface area contributed by atoms with Gasteiger partial charge in [-0.05, 0) is 55.7 Å². The van der Waals surface area contributed by atoms with Crippen molar-refractivity contribution < 1.29 is 14.3 Å². The van der Waals surface area contributed by atoms with Gasteiger partial charge in [0.15, 0.2) is 5.75 Å². The number of aromatic nitrogens is 4. The van der Waals surface area contributed by atoms with Crippen LogP contribution in [0.4, 0.5) is 0 Å². The molecule has 1 aliphatic carbocycles. The minimum atomic E-state index is 0.280. The molecule has 1 aromatic carbocycles. The van der Waals surface area contributed by atoms with E-state index in [1.165, 1.54) is 12.0 Å². The Morgan fingerprint density at radius 2 is 1.93 bits per heavy atom. The lowest BCUT2D eigenvalue weighted by Crippen LogP contribution is -2.50. The van der Waals surface area contributed by atoms with Crippen molar-refractivity contribution in [1.82, 2.24) is 29.7 Å². The summed E-state index contributed by atoms with van der Waals surface area (Å²) in [5.74, 6) is 2.89. The van der Waals surface area contributed by atoms with E-state index in [4.69, 9.17) is 14.5 Å². The van der Waals surface area contributed by atoms with Crippen LogP contribution >= 0.6 is 0 Å². The van der Waals surface area contributed by atoms with Gasteiger partial charge in [0.1, 0.15) is 17.1 Å². The van der Waals surface area contributed by atoms with Crippen molar-refractivity contribution in [2.24, 2.45) is 5.92 Å². The van der Waals surface area contributed by atoms with Crippen LogP contribution in [0, 0.1) is 5.92 Å². The minimum absolute atomic E-state index is 0.280. The lowest BCUT2D eigenvalue weighted by atomic mass is 9.84. The second kappa shape index (κ2) is 11.6. The highest BCUT2D eigenvalue weighted by Gasteiger charge is 2.31. The Kier molecular flexibility index (Phi) is 7.64. The first-order valence-electron chi connectivity index (χ1n) is 14.2. The summed E-state index contributed by atoms with van der Waals surface area (Å²) >= 11 is 0. The molecule has 0 radical (unpaired) electrons. The Labute approximate surface area is 234 Å². The summed E-state index contributed by atoms with van der Waals surface area (Å²) in [6.45, 7) is 6.81. The number of fused-ring (bicyclic) bond motifs is 1. The highest BCUT2D eigenvalue weighted by Crippen LogP contribution is 2.40. The largest absolute Gasteiger partial charge is 0.494 e. The number of methoxy groups -OCH3 is 1. The fourth-order valence-corrected chi connectivity index (χ4v) is 5.65. The lowest BCUT2D eigenvalue weighted by molar-refractivity contribution is -0.140. The molecule has 9 heteroatoms. The molecule has 1 N–H and O–H groups in total. The van der Waals surface area contributed by atoms with Gasteiger partial charge in [0, 0.05) is 74.3 Å². The molecule has 0 atom stereocenters. The van der Waals surface area contributed by atoms with Crippen molar-refractivity contribution in [3.05, 3.63) is 66.0 Å². The molecule has 1 aliphatic heterocycles. The summed E-state index contributed by atoms with van der Waals surface area (Å²) in [5, 5.41) is 0. The van der Waals surface area contributed by atoms with E-state index in [-0.39, 0.29) is 5.92 Å². The van der Waals surface area contributed by atoms with Gasteiger partial charge in [-0.3, -0.25) is 19.7 Å². The van der Waals surface area contributed by atoms with Gasteiger partial charge in [-0.15, -0.1) is 0 Å². The van der Waals surface area contributed by atoms with Gasteiger partial charge in [0.2, 0.25) is 5.91 Å². The highest BCUT2D eigenvalue weighted by atomic mass is 16.5. The van der Waals surface area contributed by atoms with Crippen molar-refractivity contribution in [2.45, 2.75) is 39.2 Å². The summed E-state index contributed by atoms with van der Waals surface area (Å²) in [7, 11) is 1.64. The first-order chi connectivity index (χ1) is 19.6. The van der Waals surface area contributed by atoms with Crippen LogP contribution in [0.1, 0.15) is 43.3 Å². The lowest BCUT2D eigenvalue weighted by Gasteiger charge is -2.38. The second-order valence-electron chi connectivity index (χ2n) is 10.6. The van der Waals surface area contributed by atoms with Crippen LogP contribution in [0.15, 0.2) is 48.9 Å². The standard InChI is InChI=1S/C31H36N6O3/c1-3-40-30-25(24-10-11-32-19-27(24)39-2)7-8-26-29(30)35-28(34-26)18-23-17-21(9-12-33-23)20-36-13-15-37(16-14-36)31(38)22-5-4-6-22/h7-12,17,19,22H,3-6,13-16,18,20H2,1-2H3,(H,34,35). The third kappa shape index (κ3) is 5.38. The number of pyridine rings is 2. The van der Waals surface area contributed by atoms with Gasteiger partial charge < -0.3 is 19.4 Å². The smallest absolute Gasteiger partial charge is 0.225 e. The van der Waals surface area contributed by atoms with E-state index in [0.29, 0.717) is 24.7 Å². The predicted molar refractivity (Wildman–Crippen MR) is 153 cm³/mol. The molecule has 2 aliphatic rings. The third-order valence-corrected chi connectivity index (χ3v) is 8.01. The maximum Gasteiger partial charge on any atom is 0.225 e. The average molecular weight is 541 g/mol. The zero-order chi connectivity index (χ0) is 27.5. The van der Waals surface area contributed by atoms with Crippen molar-refractivity contribution >= 4 is 16.9 Å². The predicted octanol–water partition coefficient (Wildman–Crippen LogP) is 4.46. The molecule has 0 unspecified atom stereocenters. The quantitative estimate of drug-likeness (QED) is 0.335. The zero-order valence-electron chi connectivity index (χ0n) is 23.2. The van der Waals surface area contributed by atoms with Crippen molar-refractivity contribution in [3.63, 3.8) is 0 Å². The SMILES string of the molecule is CCOc1c(-c2ccncc2OC)ccc2[nH]c(Cc3cc(CN4CCN(C(=O)C5CCC5)CC4)ccn3)nc12. The van der Waals surface area contributed by atoms with E-state index in [1.54, 1.807) is 19.5 Å². The van der Waals surface area contributed by atoms with E-state index < -0.39 is 0 Å². The molecule has 2 fully saturated rings. The first kappa shape index (κ1) is 26.3. The summed E-state index contributed by atoms with van der Waals surface area (Å²) in [4.78, 5) is 34.3.